The number of anilines is 1. The highest BCUT2D eigenvalue weighted by molar-refractivity contribution is 6.33. The molecular formula is C15H21ClN2O2. The van der Waals surface area contributed by atoms with E-state index < -0.39 is 5.41 Å². The fourth-order valence-corrected chi connectivity index (χ4v) is 2.03. The van der Waals surface area contributed by atoms with Gasteiger partial charge in [0.15, 0.2) is 0 Å². The third kappa shape index (κ3) is 3.51. The second-order valence-corrected chi connectivity index (χ2v) is 5.44. The lowest BCUT2D eigenvalue weighted by Gasteiger charge is -2.29. The summed E-state index contributed by atoms with van der Waals surface area (Å²) in [5.41, 5.74) is -0.620. The van der Waals surface area contributed by atoms with Crippen LogP contribution in [0.2, 0.25) is 5.02 Å². The normalized spacial score (nSPS) is 11.1. The van der Waals surface area contributed by atoms with Crippen LogP contribution in [0.15, 0.2) is 24.3 Å². The van der Waals surface area contributed by atoms with E-state index in [9.17, 15) is 9.59 Å². The van der Waals surface area contributed by atoms with Crippen LogP contribution in [0.1, 0.15) is 27.7 Å². The van der Waals surface area contributed by atoms with Crippen LogP contribution in [0.5, 0.6) is 0 Å². The maximum absolute atomic E-state index is 12.4. The van der Waals surface area contributed by atoms with Gasteiger partial charge in [0.1, 0.15) is 5.41 Å². The molecule has 0 aliphatic heterocycles. The summed E-state index contributed by atoms with van der Waals surface area (Å²) >= 11 is 6.01. The summed E-state index contributed by atoms with van der Waals surface area (Å²) in [6.45, 7) is 8.20. The number of hydrogen-bond acceptors (Lipinski definition) is 2. The lowest BCUT2D eigenvalue weighted by atomic mass is 9.90. The van der Waals surface area contributed by atoms with Crippen LogP contribution < -0.4 is 5.32 Å². The predicted octanol–water partition coefficient (Wildman–Crippen LogP) is 3.17. The third-order valence-electron chi connectivity index (χ3n) is 3.28. The van der Waals surface area contributed by atoms with E-state index in [2.05, 4.69) is 5.32 Å². The summed E-state index contributed by atoms with van der Waals surface area (Å²) < 4.78 is 0. The lowest BCUT2D eigenvalue weighted by molar-refractivity contribution is -0.146. The van der Waals surface area contributed by atoms with Crippen molar-refractivity contribution in [3.05, 3.63) is 29.3 Å². The van der Waals surface area contributed by atoms with E-state index in [0.29, 0.717) is 23.8 Å². The molecule has 110 valence electrons. The second kappa shape index (κ2) is 6.75. The van der Waals surface area contributed by atoms with Gasteiger partial charge in [-0.15, -0.1) is 0 Å². The first-order chi connectivity index (χ1) is 9.34. The molecule has 0 bridgehead atoms. The van der Waals surface area contributed by atoms with Gasteiger partial charge in [-0.25, -0.2) is 0 Å². The van der Waals surface area contributed by atoms with Crippen molar-refractivity contribution in [1.29, 1.82) is 0 Å². The molecule has 1 aromatic carbocycles. The fourth-order valence-electron chi connectivity index (χ4n) is 1.84. The number of benzene rings is 1. The van der Waals surface area contributed by atoms with Gasteiger partial charge in [0.25, 0.3) is 0 Å². The van der Waals surface area contributed by atoms with Crippen molar-refractivity contribution < 1.29 is 9.59 Å². The lowest BCUT2D eigenvalue weighted by Crippen LogP contribution is -2.47. The Kier molecular flexibility index (Phi) is 5.57. The van der Waals surface area contributed by atoms with Gasteiger partial charge >= 0.3 is 0 Å². The van der Waals surface area contributed by atoms with Crippen molar-refractivity contribution in [2.45, 2.75) is 27.7 Å². The molecule has 0 aromatic heterocycles. The van der Waals surface area contributed by atoms with E-state index in [4.69, 9.17) is 11.6 Å². The minimum atomic E-state index is -1.13. The molecule has 5 heteroatoms. The van der Waals surface area contributed by atoms with Gasteiger partial charge in [-0.05, 0) is 39.8 Å². The van der Waals surface area contributed by atoms with Crippen molar-refractivity contribution in [2.24, 2.45) is 5.41 Å². The monoisotopic (exact) mass is 296 g/mol. The maximum Gasteiger partial charge on any atom is 0.239 e. The highest BCUT2D eigenvalue weighted by Gasteiger charge is 2.38. The van der Waals surface area contributed by atoms with E-state index in [1.807, 2.05) is 13.8 Å². The Morgan fingerprint density at radius 2 is 1.75 bits per heavy atom. The van der Waals surface area contributed by atoms with Gasteiger partial charge in [-0.1, -0.05) is 23.7 Å². The number of nitrogens with zero attached hydrogens (tertiary/aromatic N) is 1. The van der Waals surface area contributed by atoms with Crippen molar-refractivity contribution in [1.82, 2.24) is 4.90 Å². The molecule has 1 N–H and O–H groups in total. The molecule has 0 unspecified atom stereocenters. The predicted molar refractivity (Wildman–Crippen MR) is 81.8 cm³/mol. The molecule has 1 rings (SSSR count). The van der Waals surface area contributed by atoms with E-state index in [1.165, 1.54) is 0 Å². The number of nitrogens with one attached hydrogen (secondary N) is 1. The number of amides is 2. The zero-order chi connectivity index (χ0) is 15.3. The third-order valence-corrected chi connectivity index (χ3v) is 3.60. The fraction of sp³-hybridized carbons (Fsp3) is 0.467. The van der Waals surface area contributed by atoms with Crippen LogP contribution in [0, 0.1) is 5.41 Å². The summed E-state index contributed by atoms with van der Waals surface area (Å²) in [6, 6.07) is 6.96. The Bertz CT molecular complexity index is 496. The molecule has 4 nitrogen and oxygen atoms in total. The molecule has 0 aliphatic carbocycles. The molecule has 0 aliphatic rings. The smallest absolute Gasteiger partial charge is 0.239 e. The molecule has 2 amide bonds. The van der Waals surface area contributed by atoms with Crippen molar-refractivity contribution in [3.63, 3.8) is 0 Å². The Morgan fingerprint density at radius 1 is 1.20 bits per heavy atom. The average molecular weight is 297 g/mol. The number of rotatable bonds is 5. The largest absolute Gasteiger partial charge is 0.342 e. The zero-order valence-electron chi connectivity index (χ0n) is 12.4. The molecule has 0 radical (unpaired) electrons. The SMILES string of the molecule is CCN(CC)C(=O)C(C)(C)C(=O)Nc1ccccc1Cl. The number of carbonyl (C=O) groups is 2. The first-order valence-corrected chi connectivity index (χ1v) is 7.07. The van der Waals surface area contributed by atoms with Crippen molar-refractivity contribution >= 4 is 29.1 Å². The minimum absolute atomic E-state index is 0.188. The Morgan fingerprint density at radius 3 is 2.25 bits per heavy atom. The van der Waals surface area contributed by atoms with Gasteiger partial charge < -0.3 is 10.2 Å². The summed E-state index contributed by atoms with van der Waals surface area (Å²) in [4.78, 5) is 26.4. The first-order valence-electron chi connectivity index (χ1n) is 6.69. The van der Waals surface area contributed by atoms with Crippen LogP contribution in [0.4, 0.5) is 5.69 Å². The highest BCUT2D eigenvalue weighted by atomic mass is 35.5. The highest BCUT2D eigenvalue weighted by Crippen LogP contribution is 2.25. The first kappa shape index (κ1) is 16.5. The van der Waals surface area contributed by atoms with Crippen LogP contribution in [-0.2, 0) is 9.59 Å². The summed E-state index contributed by atoms with van der Waals surface area (Å²) in [5, 5.41) is 3.17. The summed E-state index contributed by atoms with van der Waals surface area (Å²) in [5.74, 6) is -0.547. The molecule has 0 fully saturated rings. The second-order valence-electron chi connectivity index (χ2n) is 5.04. The van der Waals surface area contributed by atoms with E-state index >= 15 is 0 Å². The quantitative estimate of drug-likeness (QED) is 0.849. The Labute approximate surface area is 125 Å². The molecule has 20 heavy (non-hydrogen) atoms. The summed E-state index contributed by atoms with van der Waals surface area (Å²) in [6.07, 6.45) is 0. The summed E-state index contributed by atoms with van der Waals surface area (Å²) in [7, 11) is 0. The molecule has 0 saturated carbocycles. The molecular weight excluding hydrogens is 276 g/mol. The van der Waals surface area contributed by atoms with Gasteiger partial charge in [0, 0.05) is 13.1 Å². The average Bonchev–Trinajstić information content (AvgIpc) is 2.42. The Hall–Kier alpha value is -1.55. The van der Waals surface area contributed by atoms with Crippen molar-refractivity contribution in [3.8, 4) is 0 Å². The molecule has 0 atom stereocenters. The molecule has 0 heterocycles. The number of para-hydroxylation sites is 1. The zero-order valence-corrected chi connectivity index (χ0v) is 13.1. The van der Waals surface area contributed by atoms with E-state index in [-0.39, 0.29) is 11.8 Å². The van der Waals surface area contributed by atoms with Crippen LogP contribution in [-0.4, -0.2) is 29.8 Å². The van der Waals surface area contributed by atoms with Gasteiger partial charge in [-0.3, -0.25) is 9.59 Å². The number of halogens is 1. The number of hydrogen-bond donors (Lipinski definition) is 1. The molecule has 0 spiro atoms. The maximum atomic E-state index is 12.4. The standard InChI is InChI=1S/C15H21ClN2O2/c1-5-18(6-2)14(20)15(3,4)13(19)17-12-10-8-7-9-11(12)16/h7-10H,5-6H2,1-4H3,(H,17,19). The van der Waals surface area contributed by atoms with E-state index in [0.717, 1.165) is 0 Å². The Balaban J connectivity index is 2.90. The van der Waals surface area contributed by atoms with Crippen LogP contribution >= 0.6 is 11.6 Å². The van der Waals surface area contributed by atoms with Crippen molar-refractivity contribution in [2.75, 3.05) is 18.4 Å². The van der Waals surface area contributed by atoms with Gasteiger partial charge in [-0.2, -0.15) is 0 Å². The van der Waals surface area contributed by atoms with Gasteiger partial charge in [0.2, 0.25) is 11.8 Å². The van der Waals surface area contributed by atoms with Crippen LogP contribution in [0.3, 0.4) is 0 Å². The minimum Gasteiger partial charge on any atom is -0.342 e. The van der Waals surface area contributed by atoms with Gasteiger partial charge in [0.05, 0.1) is 10.7 Å². The number of carbonyl (C=O) groups excluding carboxylic acids is 2. The van der Waals surface area contributed by atoms with E-state index in [1.54, 1.807) is 43.0 Å². The topological polar surface area (TPSA) is 49.4 Å². The molecule has 1 aromatic rings. The van der Waals surface area contributed by atoms with Crippen LogP contribution in [0.25, 0.3) is 0 Å². The molecule has 0 saturated heterocycles.